The summed E-state index contributed by atoms with van der Waals surface area (Å²) < 4.78 is 61.2. The molecule has 1 fully saturated rings. The minimum Gasteiger partial charge on any atom is -0.358 e. The smallest absolute Gasteiger partial charge is 0.358 e. The van der Waals surface area contributed by atoms with Crippen LogP contribution < -0.4 is 10.6 Å². The first-order valence-electron chi connectivity index (χ1n) is 11.7. The fourth-order valence-electron chi connectivity index (χ4n) is 4.23. The average Bonchev–Trinajstić information content (AvgIpc) is 3.44. The van der Waals surface area contributed by atoms with E-state index in [0.29, 0.717) is 22.8 Å². The molecule has 0 saturated heterocycles. The third-order valence-corrected chi connectivity index (χ3v) is 6.50. The molecular formula is C25H23F4N7O2. The Bertz CT molecular complexity index is 1520. The Morgan fingerprint density at radius 1 is 1.18 bits per heavy atom. The van der Waals surface area contributed by atoms with Gasteiger partial charge < -0.3 is 15.2 Å². The molecule has 0 spiro atoms. The normalized spacial score (nSPS) is 14.4. The van der Waals surface area contributed by atoms with Gasteiger partial charge in [0.1, 0.15) is 11.2 Å². The number of halogens is 4. The lowest BCUT2D eigenvalue weighted by molar-refractivity contribution is -0.165. The Kier molecular flexibility index (Phi) is 6.16. The summed E-state index contributed by atoms with van der Waals surface area (Å²) in [6.07, 6.45) is -1.61. The van der Waals surface area contributed by atoms with Crippen LogP contribution in [-0.2, 0) is 23.7 Å². The van der Waals surface area contributed by atoms with E-state index in [-0.39, 0.29) is 36.4 Å². The quantitative estimate of drug-likeness (QED) is 0.319. The number of nitrogens with zero attached hydrogens (tertiary/aromatic N) is 5. The zero-order chi connectivity index (χ0) is 27.2. The number of alkyl halides is 3. The number of carbonyl (C=O) groups excluding carboxylic acids is 1. The van der Waals surface area contributed by atoms with Gasteiger partial charge in [0, 0.05) is 31.1 Å². The van der Waals surface area contributed by atoms with Crippen molar-refractivity contribution < 1.29 is 26.9 Å². The maximum absolute atomic E-state index is 14.9. The van der Waals surface area contributed by atoms with Gasteiger partial charge in [0.05, 0.1) is 23.5 Å². The molecule has 4 aromatic rings. The Labute approximate surface area is 214 Å². The summed E-state index contributed by atoms with van der Waals surface area (Å²) in [5.74, 6) is -1.39. The molecule has 0 radical (unpaired) electrons. The third-order valence-electron chi connectivity index (χ3n) is 6.50. The van der Waals surface area contributed by atoms with E-state index in [0.717, 1.165) is 17.4 Å². The summed E-state index contributed by atoms with van der Waals surface area (Å²) in [6, 6.07) is 5.45. The molecular weight excluding hydrogens is 506 g/mol. The van der Waals surface area contributed by atoms with Gasteiger partial charge in [0.15, 0.2) is 11.6 Å². The zero-order valence-corrected chi connectivity index (χ0v) is 20.6. The topological polar surface area (TPSA) is 111 Å². The molecule has 3 aromatic heterocycles. The van der Waals surface area contributed by atoms with E-state index in [1.165, 1.54) is 12.1 Å². The summed E-state index contributed by atoms with van der Waals surface area (Å²) in [5.41, 5.74) is 1.37. The molecule has 0 unspecified atom stereocenters. The van der Waals surface area contributed by atoms with Gasteiger partial charge in [-0.2, -0.15) is 18.3 Å². The van der Waals surface area contributed by atoms with Crippen LogP contribution in [0, 0.1) is 19.7 Å². The van der Waals surface area contributed by atoms with E-state index in [1.807, 2.05) is 6.92 Å². The highest BCUT2D eigenvalue weighted by molar-refractivity contribution is 5.91. The van der Waals surface area contributed by atoms with E-state index in [9.17, 15) is 22.4 Å². The molecule has 13 heteroatoms. The summed E-state index contributed by atoms with van der Waals surface area (Å²) in [6.45, 7) is 3.63. The molecule has 0 atom stereocenters. The highest BCUT2D eigenvalue weighted by atomic mass is 19.4. The van der Waals surface area contributed by atoms with Crippen LogP contribution in [-0.4, -0.2) is 37.0 Å². The number of aryl methyl sites for hydroxylation is 3. The number of anilines is 3. The van der Waals surface area contributed by atoms with Crippen molar-refractivity contribution in [3.05, 3.63) is 65.2 Å². The van der Waals surface area contributed by atoms with Crippen LogP contribution in [0.15, 0.2) is 41.2 Å². The molecule has 1 aromatic carbocycles. The van der Waals surface area contributed by atoms with Crippen molar-refractivity contribution in [2.75, 3.05) is 10.6 Å². The fraction of sp³-hybridized carbons (Fsp3) is 0.320. The summed E-state index contributed by atoms with van der Waals surface area (Å²) in [7, 11) is 1.81. The number of amides is 1. The molecule has 1 aliphatic rings. The molecule has 1 amide bonds. The zero-order valence-electron chi connectivity index (χ0n) is 20.6. The molecule has 198 valence electrons. The number of hydrogen-bond donors (Lipinski definition) is 2. The van der Waals surface area contributed by atoms with Crippen molar-refractivity contribution >= 4 is 23.4 Å². The minimum atomic E-state index is -4.46. The lowest BCUT2D eigenvalue weighted by Crippen LogP contribution is -2.28. The number of benzene rings is 1. The average molecular weight is 529 g/mol. The SMILES string of the molecule is Cc1nn(C)cc1Nc1ncc(-c2ccc(CC(=O)Nc3cc(C4(C(F)(F)F)CC4)on3)c(F)c2)c(C)n1. The lowest BCUT2D eigenvalue weighted by Gasteiger charge is -2.14. The maximum Gasteiger partial charge on any atom is 0.401 e. The van der Waals surface area contributed by atoms with Gasteiger partial charge in [0.2, 0.25) is 11.9 Å². The molecule has 1 saturated carbocycles. The standard InChI is InChI=1S/C25H23F4N7O2/c1-13-17(11-30-23(31-13)32-19-12-36(3)34-14(19)2)15-4-5-16(18(26)8-15)9-22(37)33-21-10-20(38-35-21)24(6-7-24)25(27,28)29/h4-5,8,10-12H,6-7,9H2,1-3H3,(H,30,31,32)(H,33,35,37). The summed E-state index contributed by atoms with van der Waals surface area (Å²) in [5, 5.41) is 13.2. The number of nitrogens with one attached hydrogen (secondary N) is 2. The van der Waals surface area contributed by atoms with Crippen LogP contribution in [0.1, 0.15) is 35.6 Å². The van der Waals surface area contributed by atoms with Crippen molar-refractivity contribution in [1.82, 2.24) is 24.9 Å². The van der Waals surface area contributed by atoms with E-state index in [4.69, 9.17) is 4.52 Å². The molecule has 2 N–H and O–H groups in total. The first kappa shape index (κ1) is 25.4. The van der Waals surface area contributed by atoms with Crippen LogP contribution in [0.5, 0.6) is 0 Å². The number of carbonyl (C=O) groups is 1. The van der Waals surface area contributed by atoms with Crippen molar-refractivity contribution in [3.63, 3.8) is 0 Å². The predicted octanol–water partition coefficient (Wildman–Crippen LogP) is 5.14. The fourth-order valence-corrected chi connectivity index (χ4v) is 4.23. The van der Waals surface area contributed by atoms with Gasteiger partial charge >= 0.3 is 6.18 Å². The van der Waals surface area contributed by atoms with Gasteiger partial charge in [-0.15, -0.1) is 0 Å². The molecule has 0 bridgehead atoms. The second kappa shape index (κ2) is 9.23. The van der Waals surface area contributed by atoms with Gasteiger partial charge in [-0.3, -0.25) is 9.48 Å². The number of aromatic nitrogens is 5. The van der Waals surface area contributed by atoms with E-state index in [1.54, 1.807) is 37.1 Å². The van der Waals surface area contributed by atoms with E-state index < -0.39 is 23.3 Å². The van der Waals surface area contributed by atoms with E-state index >= 15 is 0 Å². The second-order valence-corrected chi connectivity index (χ2v) is 9.31. The Hall–Kier alpha value is -4.29. The largest absolute Gasteiger partial charge is 0.401 e. The van der Waals surface area contributed by atoms with Gasteiger partial charge in [-0.1, -0.05) is 17.3 Å². The van der Waals surface area contributed by atoms with Crippen LogP contribution in [0.4, 0.5) is 35.0 Å². The van der Waals surface area contributed by atoms with Crippen molar-refractivity contribution in [2.24, 2.45) is 7.05 Å². The van der Waals surface area contributed by atoms with Crippen molar-refractivity contribution in [1.29, 1.82) is 0 Å². The van der Waals surface area contributed by atoms with Crippen LogP contribution in [0.2, 0.25) is 0 Å². The Morgan fingerprint density at radius 2 is 1.95 bits per heavy atom. The Morgan fingerprint density at radius 3 is 2.55 bits per heavy atom. The maximum atomic E-state index is 14.9. The predicted molar refractivity (Wildman–Crippen MR) is 129 cm³/mol. The van der Waals surface area contributed by atoms with Gasteiger partial charge in [-0.05, 0) is 43.9 Å². The number of rotatable bonds is 7. The first-order chi connectivity index (χ1) is 17.9. The first-order valence-corrected chi connectivity index (χ1v) is 11.7. The Balaban J connectivity index is 1.25. The van der Waals surface area contributed by atoms with E-state index in [2.05, 4.69) is 30.9 Å². The molecule has 38 heavy (non-hydrogen) atoms. The van der Waals surface area contributed by atoms with Crippen molar-refractivity contribution in [3.8, 4) is 11.1 Å². The summed E-state index contributed by atoms with van der Waals surface area (Å²) in [4.78, 5) is 21.2. The third kappa shape index (κ3) is 4.83. The van der Waals surface area contributed by atoms with Gasteiger partial charge in [-0.25, -0.2) is 14.4 Å². The van der Waals surface area contributed by atoms with Crippen LogP contribution in [0.25, 0.3) is 11.1 Å². The van der Waals surface area contributed by atoms with Gasteiger partial charge in [0.25, 0.3) is 0 Å². The lowest BCUT2D eigenvalue weighted by atomic mass is 10.0. The molecule has 0 aliphatic heterocycles. The highest BCUT2D eigenvalue weighted by Crippen LogP contribution is 2.59. The minimum absolute atomic E-state index is 0.0927. The molecule has 3 heterocycles. The second-order valence-electron chi connectivity index (χ2n) is 9.31. The highest BCUT2D eigenvalue weighted by Gasteiger charge is 2.66. The molecule has 9 nitrogen and oxygen atoms in total. The number of hydrogen-bond acceptors (Lipinski definition) is 7. The monoisotopic (exact) mass is 529 g/mol. The van der Waals surface area contributed by atoms with Crippen LogP contribution >= 0.6 is 0 Å². The molecule has 5 rings (SSSR count). The van der Waals surface area contributed by atoms with Crippen LogP contribution in [0.3, 0.4) is 0 Å². The van der Waals surface area contributed by atoms with Crippen molar-refractivity contribution in [2.45, 2.75) is 44.7 Å². The summed E-state index contributed by atoms with van der Waals surface area (Å²) >= 11 is 0. The molecule has 1 aliphatic carbocycles.